The van der Waals surface area contributed by atoms with Gasteiger partial charge in [-0.15, -0.1) is 0 Å². The first-order valence-electron chi connectivity index (χ1n) is 5.93. The van der Waals surface area contributed by atoms with E-state index in [-0.39, 0.29) is 5.91 Å². The molecule has 6 heteroatoms. The average molecular weight is 364 g/mol. The van der Waals surface area contributed by atoms with E-state index in [1.54, 1.807) is 18.2 Å². The minimum Gasteiger partial charge on any atom is -0.391 e. The van der Waals surface area contributed by atoms with E-state index in [1.807, 2.05) is 13.8 Å². The lowest BCUT2D eigenvalue weighted by Crippen LogP contribution is -2.56. The number of carbonyl (C=O) groups is 1. The second-order valence-electron chi connectivity index (χ2n) is 4.23. The second kappa shape index (κ2) is 6.68. The van der Waals surface area contributed by atoms with E-state index in [0.29, 0.717) is 32.9 Å². The Morgan fingerprint density at radius 1 is 1.47 bits per heavy atom. The normalized spacial score (nSPS) is 11.2. The van der Waals surface area contributed by atoms with Crippen LogP contribution in [0, 0.1) is 0 Å². The zero-order valence-corrected chi connectivity index (χ0v) is 14.0. The Morgan fingerprint density at radius 2 is 2.05 bits per heavy atom. The van der Waals surface area contributed by atoms with Crippen LogP contribution < -0.4 is 11.1 Å². The van der Waals surface area contributed by atoms with Crippen LogP contribution in [0.2, 0.25) is 5.02 Å². The van der Waals surface area contributed by atoms with Crippen molar-refractivity contribution >= 4 is 50.6 Å². The number of thiocarbonyl (C=S) groups is 1. The number of nitrogens with one attached hydrogen (secondary N) is 1. The summed E-state index contributed by atoms with van der Waals surface area (Å²) in [6.07, 6.45) is 1.28. The minimum atomic E-state index is -0.659. The molecule has 0 spiro atoms. The Morgan fingerprint density at radius 3 is 2.53 bits per heavy atom. The molecule has 3 N–H and O–H groups in total. The molecule has 0 fully saturated rings. The first-order chi connectivity index (χ1) is 8.86. The molecule has 1 aromatic carbocycles. The van der Waals surface area contributed by atoms with Crippen molar-refractivity contribution in [2.45, 2.75) is 32.2 Å². The van der Waals surface area contributed by atoms with Crippen LogP contribution in [0.5, 0.6) is 0 Å². The number of amides is 1. The number of hydrogen-bond acceptors (Lipinski definition) is 2. The first kappa shape index (κ1) is 16.4. The molecular weight excluding hydrogens is 348 g/mol. The molecule has 104 valence electrons. The van der Waals surface area contributed by atoms with Gasteiger partial charge in [0.05, 0.1) is 16.1 Å². The van der Waals surface area contributed by atoms with Crippen molar-refractivity contribution in [1.29, 1.82) is 0 Å². The van der Waals surface area contributed by atoms with E-state index >= 15 is 0 Å². The van der Waals surface area contributed by atoms with E-state index in [4.69, 9.17) is 29.6 Å². The maximum absolute atomic E-state index is 12.3. The van der Waals surface area contributed by atoms with Crippen molar-refractivity contribution in [3.05, 3.63) is 33.3 Å². The molecule has 1 rings (SSSR count). The van der Waals surface area contributed by atoms with Crippen LogP contribution in [-0.4, -0.2) is 16.4 Å². The zero-order chi connectivity index (χ0) is 14.6. The number of rotatable bonds is 5. The van der Waals surface area contributed by atoms with Crippen LogP contribution in [0.1, 0.15) is 37.0 Å². The third-order valence-electron chi connectivity index (χ3n) is 3.20. The minimum absolute atomic E-state index is 0.245. The van der Waals surface area contributed by atoms with Crippen LogP contribution in [0.15, 0.2) is 22.7 Å². The Hall–Kier alpha value is -0.650. The van der Waals surface area contributed by atoms with Gasteiger partial charge >= 0.3 is 0 Å². The lowest BCUT2D eigenvalue weighted by Gasteiger charge is -2.31. The molecule has 3 nitrogen and oxygen atoms in total. The molecule has 0 radical (unpaired) electrons. The molecule has 0 aliphatic rings. The van der Waals surface area contributed by atoms with Crippen LogP contribution >= 0.6 is 39.7 Å². The van der Waals surface area contributed by atoms with Crippen LogP contribution in [0.25, 0.3) is 0 Å². The molecule has 0 saturated heterocycles. The third-order valence-corrected chi connectivity index (χ3v) is 4.52. The molecule has 19 heavy (non-hydrogen) atoms. The first-order valence-corrected chi connectivity index (χ1v) is 7.51. The molecule has 0 unspecified atom stereocenters. The average Bonchev–Trinajstić information content (AvgIpc) is 2.38. The van der Waals surface area contributed by atoms with Crippen molar-refractivity contribution in [3.8, 4) is 0 Å². The molecule has 1 aromatic rings. The SMILES string of the molecule is CCC(CC)(NC(=O)c1cc(Cl)ccc1Br)C(N)=S. The van der Waals surface area contributed by atoms with E-state index in [0.717, 1.165) is 0 Å². The zero-order valence-electron chi connectivity index (χ0n) is 10.8. The van der Waals surface area contributed by atoms with Gasteiger partial charge in [-0.1, -0.05) is 37.7 Å². The fraction of sp³-hybridized carbons (Fsp3) is 0.385. The van der Waals surface area contributed by atoms with Crippen molar-refractivity contribution in [3.63, 3.8) is 0 Å². The van der Waals surface area contributed by atoms with Gasteiger partial charge in [0.15, 0.2) is 0 Å². The summed E-state index contributed by atoms with van der Waals surface area (Å²) in [6.45, 7) is 3.88. The summed E-state index contributed by atoms with van der Waals surface area (Å²) in [4.78, 5) is 12.6. The van der Waals surface area contributed by atoms with Gasteiger partial charge in [-0.25, -0.2) is 0 Å². The maximum Gasteiger partial charge on any atom is 0.253 e. The maximum atomic E-state index is 12.3. The summed E-state index contributed by atoms with van der Waals surface area (Å²) in [5.41, 5.74) is 5.58. The van der Waals surface area contributed by atoms with Crippen molar-refractivity contribution in [1.82, 2.24) is 5.32 Å². The molecule has 0 aliphatic heterocycles. The lowest BCUT2D eigenvalue weighted by atomic mass is 9.92. The third kappa shape index (κ3) is 3.68. The fourth-order valence-electron chi connectivity index (χ4n) is 1.79. The van der Waals surface area contributed by atoms with Crippen LogP contribution in [-0.2, 0) is 0 Å². The quantitative estimate of drug-likeness (QED) is 0.785. The summed E-state index contributed by atoms with van der Waals surface area (Å²) in [5.74, 6) is -0.245. The van der Waals surface area contributed by atoms with Crippen molar-refractivity contribution in [2.24, 2.45) is 5.73 Å². The molecule has 0 saturated carbocycles. The second-order valence-corrected chi connectivity index (χ2v) is 5.96. The smallest absolute Gasteiger partial charge is 0.253 e. The molecule has 0 aromatic heterocycles. The summed E-state index contributed by atoms with van der Waals surface area (Å²) in [5, 5.41) is 3.42. The highest BCUT2D eigenvalue weighted by Gasteiger charge is 2.32. The van der Waals surface area contributed by atoms with Crippen molar-refractivity contribution in [2.75, 3.05) is 0 Å². The highest BCUT2D eigenvalue weighted by molar-refractivity contribution is 9.10. The number of carbonyl (C=O) groups excluding carboxylic acids is 1. The molecule has 0 aliphatic carbocycles. The monoisotopic (exact) mass is 362 g/mol. The lowest BCUT2D eigenvalue weighted by molar-refractivity contribution is 0.0919. The predicted molar refractivity (Wildman–Crippen MR) is 86.7 cm³/mol. The van der Waals surface area contributed by atoms with Gasteiger partial charge in [0.2, 0.25) is 0 Å². The number of hydrogen-bond donors (Lipinski definition) is 2. The largest absolute Gasteiger partial charge is 0.391 e. The van der Waals surface area contributed by atoms with E-state index in [9.17, 15) is 4.79 Å². The fourth-order valence-corrected chi connectivity index (χ4v) is 2.73. The number of nitrogens with two attached hydrogens (primary N) is 1. The molecule has 0 atom stereocenters. The topological polar surface area (TPSA) is 55.1 Å². The Balaban J connectivity index is 3.07. The van der Waals surface area contributed by atoms with Crippen LogP contribution in [0.4, 0.5) is 0 Å². The van der Waals surface area contributed by atoms with Crippen molar-refractivity contribution < 1.29 is 4.79 Å². The number of halogens is 2. The molecule has 1 amide bonds. The van der Waals surface area contributed by atoms with Gasteiger partial charge in [-0.3, -0.25) is 4.79 Å². The van der Waals surface area contributed by atoms with Gasteiger partial charge < -0.3 is 11.1 Å². The Kier molecular flexibility index (Phi) is 5.77. The summed E-state index contributed by atoms with van der Waals surface area (Å²) >= 11 is 14.3. The molecular formula is C13H16BrClN2OS. The summed E-state index contributed by atoms with van der Waals surface area (Å²) in [6, 6.07) is 5.05. The van der Waals surface area contributed by atoms with E-state index in [2.05, 4.69) is 21.2 Å². The highest BCUT2D eigenvalue weighted by atomic mass is 79.9. The van der Waals surface area contributed by atoms with Crippen LogP contribution in [0.3, 0.4) is 0 Å². The molecule has 0 heterocycles. The van der Waals surface area contributed by atoms with Gasteiger partial charge in [0.25, 0.3) is 5.91 Å². The van der Waals surface area contributed by atoms with Gasteiger partial charge in [0, 0.05) is 9.50 Å². The Bertz CT molecular complexity index is 503. The Labute approximate surface area is 132 Å². The summed E-state index contributed by atoms with van der Waals surface area (Å²) in [7, 11) is 0. The van der Waals surface area contributed by atoms with Gasteiger partial charge in [-0.05, 0) is 47.0 Å². The van der Waals surface area contributed by atoms with E-state index in [1.165, 1.54) is 0 Å². The molecule has 0 bridgehead atoms. The summed E-state index contributed by atoms with van der Waals surface area (Å²) < 4.78 is 0.679. The van der Waals surface area contributed by atoms with E-state index < -0.39 is 5.54 Å². The number of benzene rings is 1. The highest BCUT2D eigenvalue weighted by Crippen LogP contribution is 2.23. The van der Waals surface area contributed by atoms with Gasteiger partial charge in [-0.2, -0.15) is 0 Å². The van der Waals surface area contributed by atoms with Gasteiger partial charge in [0.1, 0.15) is 0 Å². The predicted octanol–water partition coefficient (Wildman–Crippen LogP) is 3.68. The standard InChI is InChI=1S/C13H16BrClN2OS/c1-3-13(4-2,12(16)19)17-11(18)9-7-8(15)5-6-10(9)14/h5-7H,3-4H2,1-2H3,(H2,16,19)(H,17,18).